The maximum absolute atomic E-state index is 9.76. The van der Waals surface area contributed by atoms with Gasteiger partial charge in [-0.2, -0.15) is 0 Å². The second-order valence-corrected chi connectivity index (χ2v) is 1.61. The molecule has 1 radical (unpaired) electrons. The van der Waals surface area contributed by atoms with Crippen molar-refractivity contribution in [2.75, 3.05) is 0 Å². The van der Waals surface area contributed by atoms with E-state index in [1.165, 1.54) is 0 Å². The molecule has 0 aliphatic heterocycles. The predicted octanol–water partition coefficient (Wildman–Crippen LogP) is 0.479. The Morgan fingerprint density at radius 3 is 2.00 bits per heavy atom. The summed E-state index contributed by atoms with van der Waals surface area (Å²) < 4.78 is 0. The molecule has 0 amide bonds. The van der Waals surface area contributed by atoms with Crippen molar-refractivity contribution in [3.05, 3.63) is 0 Å². The fourth-order valence-electron chi connectivity index (χ4n) is 0.330. The number of aliphatic carboxylic acids is 1. The molecule has 7 heavy (non-hydrogen) atoms. The van der Waals surface area contributed by atoms with Crippen molar-refractivity contribution in [3.8, 4) is 0 Å². The number of hydrogen-bond donors (Lipinski definition) is 1. The molecule has 0 bridgehead atoms. The van der Waals surface area contributed by atoms with E-state index in [0.717, 1.165) is 12.8 Å². The quantitative estimate of drug-likeness (QED) is 0.551. The van der Waals surface area contributed by atoms with E-state index in [1.807, 2.05) is 0 Å². The first-order valence-corrected chi connectivity index (χ1v) is 2.03. The second-order valence-electron chi connectivity index (χ2n) is 1.61. The van der Waals surface area contributed by atoms with E-state index >= 15 is 0 Å². The Hall–Kier alpha value is -0.0105. The van der Waals surface area contributed by atoms with Crippen molar-refractivity contribution in [1.29, 1.82) is 0 Å². The largest absolute Gasteiger partial charge is 0.481 e. The molecule has 1 aliphatic rings. The summed E-state index contributed by atoms with van der Waals surface area (Å²) in [5.41, 5.74) is 0. The first-order valence-electron chi connectivity index (χ1n) is 2.03. The minimum absolute atomic E-state index is 0. The molecule has 1 N–H and O–H groups in total. The van der Waals surface area contributed by atoms with Crippen LogP contribution in [-0.2, 0) is 21.9 Å². The summed E-state index contributed by atoms with van der Waals surface area (Å²) in [7, 11) is 0. The van der Waals surface area contributed by atoms with Crippen LogP contribution in [0.25, 0.3) is 0 Å². The van der Waals surface area contributed by atoms with Gasteiger partial charge in [-0.05, 0) is 12.8 Å². The number of carboxylic acids is 1. The zero-order valence-electron chi connectivity index (χ0n) is 3.65. The average Bonchev–Trinajstić information content (AvgIpc) is 2.06. The molecule has 0 atom stereocenters. The third-order valence-corrected chi connectivity index (χ3v) is 0.927. The van der Waals surface area contributed by atoms with Crippen LogP contribution in [0.5, 0.6) is 0 Å². The van der Waals surface area contributed by atoms with Crippen molar-refractivity contribution < 1.29 is 27.0 Å². The normalized spacial score (nSPS) is 17.7. The van der Waals surface area contributed by atoms with Crippen LogP contribution in [0.4, 0.5) is 0 Å². The van der Waals surface area contributed by atoms with Gasteiger partial charge < -0.3 is 5.11 Å². The van der Waals surface area contributed by atoms with E-state index in [-0.39, 0.29) is 23.0 Å². The number of carbonyl (C=O) groups is 1. The third kappa shape index (κ3) is 1.95. The molecule has 1 saturated carbocycles. The molecule has 0 aromatic carbocycles. The Bertz CT molecular complexity index is 77.8. The van der Waals surface area contributed by atoms with Crippen molar-refractivity contribution in [3.63, 3.8) is 0 Å². The Morgan fingerprint density at radius 2 is 2.00 bits per heavy atom. The van der Waals surface area contributed by atoms with Crippen LogP contribution < -0.4 is 0 Å². The summed E-state index contributed by atoms with van der Waals surface area (Å²) in [6.07, 6.45) is 1.80. The molecule has 0 unspecified atom stereocenters. The van der Waals surface area contributed by atoms with Crippen molar-refractivity contribution >= 4 is 5.97 Å². The molecule has 45 valence electrons. The van der Waals surface area contributed by atoms with Gasteiger partial charge in [0, 0.05) is 17.1 Å². The fraction of sp³-hybridized carbons (Fsp3) is 0.750. The van der Waals surface area contributed by atoms with Gasteiger partial charge in [0.1, 0.15) is 0 Å². The topological polar surface area (TPSA) is 37.3 Å². The van der Waals surface area contributed by atoms with Gasteiger partial charge in [0.2, 0.25) is 0 Å². The molecular weight excluding hydrogens is 144 g/mol. The Morgan fingerprint density at radius 1 is 1.57 bits per heavy atom. The van der Waals surface area contributed by atoms with Gasteiger partial charge >= 0.3 is 5.97 Å². The zero-order valence-corrected chi connectivity index (χ0v) is 4.59. The van der Waals surface area contributed by atoms with Crippen LogP contribution in [0.1, 0.15) is 12.8 Å². The van der Waals surface area contributed by atoms with Crippen molar-refractivity contribution in [2.24, 2.45) is 5.92 Å². The number of hydrogen-bond acceptors (Lipinski definition) is 1. The second kappa shape index (κ2) is 2.34. The first kappa shape index (κ1) is 6.99. The molecule has 0 aromatic heterocycles. The molecule has 0 heterocycles. The zero-order chi connectivity index (χ0) is 4.57. The van der Waals surface area contributed by atoms with Crippen LogP contribution in [0, 0.1) is 5.92 Å². The van der Waals surface area contributed by atoms with Gasteiger partial charge in [0.15, 0.2) is 0 Å². The Kier molecular flexibility index (Phi) is 2.33. The SMILES string of the molecule is O=C(O)C1CC1.[Cu]. The Labute approximate surface area is 52.4 Å². The van der Waals surface area contributed by atoms with Gasteiger partial charge in [-0.3, -0.25) is 4.79 Å². The van der Waals surface area contributed by atoms with E-state index in [2.05, 4.69) is 0 Å². The van der Waals surface area contributed by atoms with E-state index in [0.29, 0.717) is 0 Å². The molecule has 0 saturated heterocycles. The minimum atomic E-state index is -0.630. The van der Waals surface area contributed by atoms with Crippen molar-refractivity contribution in [1.82, 2.24) is 0 Å². The van der Waals surface area contributed by atoms with E-state index < -0.39 is 5.97 Å². The van der Waals surface area contributed by atoms with Crippen LogP contribution >= 0.6 is 0 Å². The van der Waals surface area contributed by atoms with Gasteiger partial charge in [-0.25, -0.2) is 0 Å². The van der Waals surface area contributed by atoms with Crippen LogP contribution in [0.3, 0.4) is 0 Å². The minimum Gasteiger partial charge on any atom is -0.481 e. The van der Waals surface area contributed by atoms with Gasteiger partial charge in [-0.15, -0.1) is 0 Å². The third-order valence-electron chi connectivity index (χ3n) is 0.927. The van der Waals surface area contributed by atoms with Crippen LogP contribution in [0.15, 0.2) is 0 Å². The summed E-state index contributed by atoms with van der Waals surface area (Å²) in [6.45, 7) is 0. The molecule has 1 fully saturated rings. The molecule has 2 nitrogen and oxygen atoms in total. The average molecular weight is 150 g/mol. The molecule has 1 rings (SSSR count). The maximum Gasteiger partial charge on any atom is 0.306 e. The molecule has 3 heteroatoms. The summed E-state index contributed by atoms with van der Waals surface area (Å²) in [5.74, 6) is -0.611. The van der Waals surface area contributed by atoms with E-state index in [1.54, 1.807) is 0 Å². The smallest absolute Gasteiger partial charge is 0.306 e. The van der Waals surface area contributed by atoms with E-state index in [9.17, 15) is 4.79 Å². The predicted molar refractivity (Wildman–Crippen MR) is 20.4 cm³/mol. The van der Waals surface area contributed by atoms with Crippen LogP contribution in [0.2, 0.25) is 0 Å². The number of carboxylic acid groups (broad SMARTS) is 1. The summed E-state index contributed by atoms with van der Waals surface area (Å²) in [5, 5.41) is 8.05. The molecule has 0 spiro atoms. The standard InChI is InChI=1S/C4H6O2.Cu/c5-4(6)3-1-2-3;/h3H,1-2H2,(H,5,6);. The molecular formula is C4H6CuO2. The van der Waals surface area contributed by atoms with Crippen LogP contribution in [-0.4, -0.2) is 11.1 Å². The van der Waals surface area contributed by atoms with Gasteiger partial charge in [0.05, 0.1) is 5.92 Å². The first-order chi connectivity index (χ1) is 2.80. The monoisotopic (exact) mass is 149 g/mol. The summed E-state index contributed by atoms with van der Waals surface area (Å²) in [6, 6.07) is 0. The van der Waals surface area contributed by atoms with E-state index in [4.69, 9.17) is 5.11 Å². The van der Waals surface area contributed by atoms with Gasteiger partial charge in [-0.1, -0.05) is 0 Å². The van der Waals surface area contributed by atoms with Crippen molar-refractivity contribution in [2.45, 2.75) is 12.8 Å². The Balaban J connectivity index is 0.000000360. The molecule has 1 aliphatic carbocycles. The number of rotatable bonds is 1. The summed E-state index contributed by atoms with van der Waals surface area (Å²) >= 11 is 0. The van der Waals surface area contributed by atoms with Gasteiger partial charge in [0.25, 0.3) is 0 Å². The summed E-state index contributed by atoms with van der Waals surface area (Å²) in [4.78, 5) is 9.76. The fourth-order valence-corrected chi connectivity index (χ4v) is 0.330. The molecule has 0 aromatic rings. The maximum atomic E-state index is 9.76.